The Labute approximate surface area is 124 Å². The Bertz CT molecular complexity index is 685. The molecule has 1 heterocycles. The third-order valence-electron chi connectivity index (χ3n) is 3.14. The summed E-state index contributed by atoms with van der Waals surface area (Å²) in [6, 6.07) is 9.24. The molecule has 0 radical (unpaired) electrons. The number of benzene rings is 1. The van der Waals surface area contributed by atoms with Gasteiger partial charge in [0, 0.05) is 29.1 Å². The minimum Gasteiger partial charge on any atom is -0.309 e. The lowest BCUT2D eigenvalue weighted by molar-refractivity contribution is 0.602. The van der Waals surface area contributed by atoms with Crippen LogP contribution in [0, 0.1) is 13.8 Å². The fourth-order valence-electron chi connectivity index (χ4n) is 2.05. The third kappa shape index (κ3) is 3.91. The number of aryl methyl sites for hydroxylation is 2. The van der Waals surface area contributed by atoms with Gasteiger partial charge in [-0.15, -0.1) is 11.3 Å². The smallest absolute Gasteiger partial charge is 0.175 e. The minimum atomic E-state index is -3.10. The van der Waals surface area contributed by atoms with Gasteiger partial charge in [-0.3, -0.25) is 0 Å². The van der Waals surface area contributed by atoms with Crippen LogP contribution in [0.25, 0.3) is 0 Å². The standard InChI is InChI=1S/C15H19NO2S2/c1-11-8-14(12(2)19-11)10-16-9-13-4-6-15(7-5-13)20(3,17)18/h4-8,16H,9-10H2,1-3H3. The molecule has 0 saturated heterocycles. The Morgan fingerprint density at radius 3 is 2.25 bits per heavy atom. The van der Waals surface area contributed by atoms with E-state index in [1.54, 1.807) is 12.1 Å². The molecular formula is C15H19NO2S2. The number of nitrogens with one attached hydrogen (secondary N) is 1. The van der Waals surface area contributed by atoms with Crippen molar-refractivity contribution >= 4 is 21.2 Å². The van der Waals surface area contributed by atoms with E-state index in [1.807, 2.05) is 23.5 Å². The van der Waals surface area contributed by atoms with Gasteiger partial charge in [0.1, 0.15) is 0 Å². The van der Waals surface area contributed by atoms with Gasteiger partial charge in [-0.25, -0.2) is 8.42 Å². The molecule has 108 valence electrons. The number of hydrogen-bond donors (Lipinski definition) is 1. The van der Waals surface area contributed by atoms with Gasteiger partial charge in [0.15, 0.2) is 9.84 Å². The number of thiophene rings is 1. The van der Waals surface area contributed by atoms with Crippen LogP contribution in [0.5, 0.6) is 0 Å². The summed E-state index contributed by atoms with van der Waals surface area (Å²) < 4.78 is 22.7. The van der Waals surface area contributed by atoms with E-state index >= 15 is 0 Å². The Kier molecular flexibility index (Phi) is 4.62. The van der Waals surface area contributed by atoms with E-state index in [9.17, 15) is 8.42 Å². The van der Waals surface area contributed by atoms with Gasteiger partial charge in [0.05, 0.1) is 4.90 Å². The lowest BCUT2D eigenvalue weighted by Gasteiger charge is -2.05. The monoisotopic (exact) mass is 309 g/mol. The molecule has 0 amide bonds. The molecule has 0 fully saturated rings. The van der Waals surface area contributed by atoms with Crippen molar-refractivity contribution in [3.05, 3.63) is 51.2 Å². The average molecular weight is 309 g/mol. The zero-order valence-corrected chi connectivity index (χ0v) is 13.6. The van der Waals surface area contributed by atoms with Crippen molar-refractivity contribution in [2.45, 2.75) is 31.8 Å². The van der Waals surface area contributed by atoms with Crippen LogP contribution in [0.3, 0.4) is 0 Å². The van der Waals surface area contributed by atoms with Gasteiger partial charge < -0.3 is 5.32 Å². The van der Waals surface area contributed by atoms with E-state index in [-0.39, 0.29) is 0 Å². The molecule has 0 atom stereocenters. The summed E-state index contributed by atoms with van der Waals surface area (Å²) in [7, 11) is -3.10. The summed E-state index contributed by atoms with van der Waals surface area (Å²) in [5.74, 6) is 0. The maximum Gasteiger partial charge on any atom is 0.175 e. The fraction of sp³-hybridized carbons (Fsp3) is 0.333. The van der Waals surface area contributed by atoms with Gasteiger partial charge in [-0.2, -0.15) is 0 Å². The van der Waals surface area contributed by atoms with Crippen LogP contribution in [0.2, 0.25) is 0 Å². The van der Waals surface area contributed by atoms with Crippen molar-refractivity contribution in [3.8, 4) is 0 Å². The summed E-state index contributed by atoms with van der Waals surface area (Å²) >= 11 is 1.81. The molecule has 0 aliphatic heterocycles. The Morgan fingerprint density at radius 2 is 1.75 bits per heavy atom. The SMILES string of the molecule is Cc1cc(CNCc2ccc(S(C)(=O)=O)cc2)c(C)s1. The molecule has 20 heavy (non-hydrogen) atoms. The van der Waals surface area contributed by atoms with Gasteiger partial charge in [-0.05, 0) is 43.2 Å². The van der Waals surface area contributed by atoms with Crippen molar-refractivity contribution in [1.29, 1.82) is 0 Å². The van der Waals surface area contributed by atoms with Crippen molar-refractivity contribution in [2.24, 2.45) is 0 Å². The molecule has 0 aliphatic carbocycles. The van der Waals surface area contributed by atoms with Crippen LogP contribution in [0.1, 0.15) is 20.9 Å². The summed E-state index contributed by atoms with van der Waals surface area (Å²) in [4.78, 5) is 3.05. The minimum absolute atomic E-state index is 0.366. The van der Waals surface area contributed by atoms with Crippen molar-refractivity contribution in [3.63, 3.8) is 0 Å². The summed E-state index contributed by atoms with van der Waals surface area (Å²) in [5, 5.41) is 3.39. The lowest BCUT2D eigenvalue weighted by atomic mass is 10.2. The Balaban J connectivity index is 1.93. The van der Waals surface area contributed by atoms with Crippen molar-refractivity contribution in [1.82, 2.24) is 5.32 Å². The fourth-order valence-corrected chi connectivity index (χ4v) is 3.63. The zero-order chi connectivity index (χ0) is 14.8. The summed E-state index contributed by atoms with van der Waals surface area (Å²) in [6.45, 7) is 5.82. The molecule has 1 aromatic carbocycles. The normalized spacial score (nSPS) is 11.8. The lowest BCUT2D eigenvalue weighted by Crippen LogP contribution is -2.12. The van der Waals surface area contributed by atoms with E-state index < -0.39 is 9.84 Å². The highest BCUT2D eigenvalue weighted by Crippen LogP contribution is 2.20. The van der Waals surface area contributed by atoms with Crippen molar-refractivity contribution < 1.29 is 8.42 Å². The maximum absolute atomic E-state index is 11.4. The molecule has 1 aromatic heterocycles. The largest absolute Gasteiger partial charge is 0.309 e. The van der Waals surface area contributed by atoms with Crippen LogP contribution >= 0.6 is 11.3 Å². The molecule has 0 aliphatic rings. The summed E-state index contributed by atoms with van der Waals surface area (Å²) in [5.41, 5.74) is 2.42. The summed E-state index contributed by atoms with van der Waals surface area (Å²) in [6.07, 6.45) is 1.22. The molecule has 2 aromatic rings. The molecule has 0 unspecified atom stereocenters. The van der Waals surface area contributed by atoms with E-state index in [0.29, 0.717) is 4.90 Å². The van der Waals surface area contributed by atoms with Crippen LogP contribution in [0.4, 0.5) is 0 Å². The molecule has 3 nitrogen and oxygen atoms in total. The van der Waals surface area contributed by atoms with E-state index in [2.05, 4.69) is 25.2 Å². The quantitative estimate of drug-likeness (QED) is 0.923. The first-order valence-electron chi connectivity index (χ1n) is 6.42. The highest BCUT2D eigenvalue weighted by Gasteiger charge is 2.06. The predicted molar refractivity (Wildman–Crippen MR) is 83.9 cm³/mol. The Morgan fingerprint density at radius 1 is 1.10 bits per heavy atom. The molecule has 0 saturated carbocycles. The first-order chi connectivity index (χ1) is 9.36. The highest BCUT2D eigenvalue weighted by molar-refractivity contribution is 7.90. The molecule has 2 rings (SSSR count). The molecule has 1 N–H and O–H groups in total. The molecule has 0 spiro atoms. The molecular weight excluding hydrogens is 290 g/mol. The number of rotatable bonds is 5. The van der Waals surface area contributed by atoms with E-state index in [1.165, 1.54) is 21.6 Å². The molecule has 0 bridgehead atoms. The van der Waals surface area contributed by atoms with Crippen molar-refractivity contribution in [2.75, 3.05) is 6.26 Å². The zero-order valence-electron chi connectivity index (χ0n) is 11.9. The van der Waals surface area contributed by atoms with E-state index in [4.69, 9.17) is 0 Å². The first-order valence-corrected chi connectivity index (χ1v) is 9.12. The number of sulfone groups is 1. The van der Waals surface area contributed by atoms with Crippen LogP contribution in [-0.4, -0.2) is 14.7 Å². The van der Waals surface area contributed by atoms with Crippen LogP contribution < -0.4 is 5.32 Å². The first kappa shape index (κ1) is 15.2. The van der Waals surface area contributed by atoms with Gasteiger partial charge in [-0.1, -0.05) is 12.1 Å². The maximum atomic E-state index is 11.4. The van der Waals surface area contributed by atoms with Gasteiger partial charge in [0.25, 0.3) is 0 Å². The molecule has 5 heteroatoms. The van der Waals surface area contributed by atoms with Crippen LogP contribution in [-0.2, 0) is 22.9 Å². The van der Waals surface area contributed by atoms with E-state index in [0.717, 1.165) is 18.7 Å². The predicted octanol–water partition coefficient (Wildman–Crippen LogP) is 3.06. The van der Waals surface area contributed by atoms with Gasteiger partial charge >= 0.3 is 0 Å². The third-order valence-corrected chi connectivity index (χ3v) is 5.28. The second-order valence-corrected chi connectivity index (χ2v) is 8.43. The second-order valence-electron chi connectivity index (χ2n) is 4.96. The number of hydrogen-bond acceptors (Lipinski definition) is 4. The van der Waals surface area contributed by atoms with Crippen LogP contribution in [0.15, 0.2) is 35.2 Å². The topological polar surface area (TPSA) is 46.2 Å². The Hall–Kier alpha value is -1.17. The highest BCUT2D eigenvalue weighted by atomic mass is 32.2. The average Bonchev–Trinajstić information content (AvgIpc) is 2.67. The van der Waals surface area contributed by atoms with Gasteiger partial charge in [0.2, 0.25) is 0 Å². The second kappa shape index (κ2) is 6.08.